The second-order valence-electron chi connectivity index (χ2n) is 15.6. The molecule has 4 aromatic rings. The molecule has 15 heteroatoms. The minimum Gasteiger partial charge on any atom is -0.507 e. The fourth-order valence-corrected chi connectivity index (χ4v) is 8.03. The standard InChI is InChI=1S/C43H51N3O11.H2O/c1-19-14-16-46-28(18-19)44-32-29-30-37(50)25(7)40-31(29)41(52)43(9,57-40)55-17-15-27(54-10)22(4)39(56-26(8)47)24(6)36(49)23(5)35(48)20(2)12-11-13-21(3)42(53)45-33(34(32)46)38(30)51;/h11-18,20,22-24,27,35-36,39,48-51H,1-10H3,(H,45,53);1H2/b12-11+,17-15+,21-13-;/t20-,22+,23+,24+,27-,35-,36+,39+,43-;/m0./s1. The highest BCUT2D eigenvalue weighted by Crippen LogP contribution is 2.54. The number of anilines is 1. The number of imidazole rings is 1. The summed E-state index contributed by atoms with van der Waals surface area (Å²) in [7, 11) is 1.46. The third-order valence-electron chi connectivity index (χ3n) is 11.5. The van der Waals surface area contributed by atoms with Gasteiger partial charge >= 0.3 is 11.8 Å². The molecule has 4 heterocycles. The summed E-state index contributed by atoms with van der Waals surface area (Å²) in [5.74, 6) is -6.96. The summed E-state index contributed by atoms with van der Waals surface area (Å²) in [5, 5.41) is 49.4. The van der Waals surface area contributed by atoms with E-state index in [0.29, 0.717) is 5.65 Å². The smallest absolute Gasteiger partial charge is 0.312 e. The summed E-state index contributed by atoms with van der Waals surface area (Å²) in [4.78, 5) is 45.6. The van der Waals surface area contributed by atoms with Gasteiger partial charge in [-0.15, -0.1) is 0 Å². The van der Waals surface area contributed by atoms with Crippen LogP contribution in [0.15, 0.2) is 54.5 Å². The van der Waals surface area contributed by atoms with Crippen LogP contribution >= 0.6 is 0 Å². The third-order valence-corrected chi connectivity index (χ3v) is 11.5. The summed E-state index contributed by atoms with van der Waals surface area (Å²) in [6.45, 7) is 14.7. The summed E-state index contributed by atoms with van der Waals surface area (Å²) in [5.41, 5.74) is 2.18. The number of rotatable bonds is 2. The van der Waals surface area contributed by atoms with Gasteiger partial charge in [0.1, 0.15) is 40.0 Å². The molecule has 15 nitrogen and oxygen atoms in total. The average Bonchev–Trinajstić information content (AvgIpc) is 3.67. The number of Topliss-reactive ketones (excluding diaryl/α,β-unsaturated/α-hetero) is 1. The Balaban J connectivity index is 0.00000641. The van der Waals surface area contributed by atoms with Gasteiger partial charge in [0.25, 0.3) is 11.7 Å². The molecule has 0 unspecified atom stereocenters. The number of amides is 1. The van der Waals surface area contributed by atoms with E-state index in [1.54, 1.807) is 63.4 Å². The van der Waals surface area contributed by atoms with Crippen LogP contribution in [0.5, 0.6) is 17.2 Å². The summed E-state index contributed by atoms with van der Waals surface area (Å²) in [6, 6.07) is 3.64. The fraction of sp³-hybridized carbons (Fsp3) is 0.442. The molecular weight excluding hydrogens is 750 g/mol. The van der Waals surface area contributed by atoms with E-state index >= 15 is 0 Å². The molecule has 4 bridgehead atoms. The largest absolute Gasteiger partial charge is 0.507 e. The molecule has 2 aromatic carbocycles. The Bertz CT molecular complexity index is 2380. The van der Waals surface area contributed by atoms with Crippen LogP contribution in [0.2, 0.25) is 0 Å². The van der Waals surface area contributed by atoms with Crippen LogP contribution in [0.3, 0.4) is 0 Å². The van der Waals surface area contributed by atoms with Crippen molar-refractivity contribution in [2.24, 2.45) is 23.7 Å². The van der Waals surface area contributed by atoms with Gasteiger partial charge in [-0.1, -0.05) is 45.9 Å². The van der Waals surface area contributed by atoms with E-state index in [-0.39, 0.29) is 61.2 Å². The zero-order chi connectivity index (χ0) is 41.8. The van der Waals surface area contributed by atoms with E-state index in [0.717, 1.165) is 5.56 Å². The molecule has 2 aliphatic rings. The molecule has 0 saturated heterocycles. The third kappa shape index (κ3) is 7.39. The molecule has 0 fully saturated rings. The number of aromatic hydroxyl groups is 2. The highest BCUT2D eigenvalue weighted by Gasteiger charge is 2.50. The molecule has 312 valence electrons. The number of ketones is 1. The number of hydrogen-bond donors (Lipinski definition) is 5. The van der Waals surface area contributed by atoms with Gasteiger partial charge in [-0.3, -0.25) is 18.8 Å². The number of fused-ring (bicyclic) bond motifs is 2. The van der Waals surface area contributed by atoms with Gasteiger partial charge in [0.15, 0.2) is 5.75 Å². The minimum absolute atomic E-state index is 0. The Hall–Kier alpha value is -5.48. The van der Waals surface area contributed by atoms with Gasteiger partial charge in [0, 0.05) is 67.3 Å². The maximum Gasteiger partial charge on any atom is 0.312 e. The van der Waals surface area contributed by atoms with Crippen molar-refractivity contribution in [3.8, 4) is 17.2 Å². The van der Waals surface area contributed by atoms with Crippen LogP contribution in [0.1, 0.15) is 70.0 Å². The molecule has 0 radical (unpaired) electrons. The number of pyridine rings is 1. The number of esters is 1. The SMILES string of the molecule is CO[C@H]1/C=C/O[C@@]2(C)Oc3c(C)c(O)c4c(O)c(c5c(nc6cc(C)ccn65)c4c3C2=O)NC(=O)/C(C)=C\C=C\[C@H](C)[C@H](O)[C@@H](C)[C@@H](O)[C@@H](C)[C@H](OC(C)=O)[C@@H]1C.O. The van der Waals surface area contributed by atoms with Crippen molar-refractivity contribution >= 4 is 50.8 Å². The maximum atomic E-state index is 14.6. The van der Waals surface area contributed by atoms with E-state index in [1.165, 1.54) is 40.2 Å². The molecule has 58 heavy (non-hydrogen) atoms. The zero-order valence-electron chi connectivity index (χ0n) is 34.3. The number of allylic oxidation sites excluding steroid dienone is 2. The normalized spacial score (nSPS) is 30.3. The first-order valence-corrected chi connectivity index (χ1v) is 19.0. The zero-order valence-corrected chi connectivity index (χ0v) is 34.3. The van der Waals surface area contributed by atoms with Gasteiger partial charge in [-0.05, 0) is 44.5 Å². The summed E-state index contributed by atoms with van der Waals surface area (Å²) >= 11 is 0. The van der Waals surface area contributed by atoms with Crippen molar-refractivity contribution in [3.63, 3.8) is 0 Å². The highest BCUT2D eigenvalue weighted by atomic mass is 16.7. The fourth-order valence-electron chi connectivity index (χ4n) is 8.03. The Morgan fingerprint density at radius 3 is 2.33 bits per heavy atom. The van der Waals surface area contributed by atoms with Crippen LogP contribution < -0.4 is 10.1 Å². The van der Waals surface area contributed by atoms with E-state index in [1.807, 2.05) is 19.1 Å². The first-order chi connectivity index (χ1) is 26.8. The topological polar surface area (TPSA) is 230 Å². The number of aliphatic hydroxyl groups excluding tert-OH is 2. The first kappa shape index (κ1) is 43.6. The molecule has 6 rings (SSSR count). The molecule has 2 aliphatic heterocycles. The molecule has 2 aromatic heterocycles. The van der Waals surface area contributed by atoms with Crippen molar-refractivity contribution in [1.82, 2.24) is 9.38 Å². The predicted molar refractivity (Wildman–Crippen MR) is 217 cm³/mol. The van der Waals surface area contributed by atoms with Crippen LogP contribution in [-0.2, 0) is 23.8 Å². The number of aromatic nitrogens is 2. The van der Waals surface area contributed by atoms with Gasteiger partial charge in [0.2, 0.25) is 0 Å². The van der Waals surface area contributed by atoms with Crippen molar-refractivity contribution in [3.05, 3.63) is 71.2 Å². The Labute approximate surface area is 335 Å². The predicted octanol–water partition coefficient (Wildman–Crippen LogP) is 5.33. The number of aryl methyl sites for hydroxylation is 1. The average molecular weight is 804 g/mol. The molecular formula is C43H53N3O12. The lowest BCUT2D eigenvalue weighted by atomic mass is 9.78. The van der Waals surface area contributed by atoms with E-state index in [2.05, 4.69) is 5.32 Å². The lowest BCUT2D eigenvalue weighted by Gasteiger charge is -2.38. The monoisotopic (exact) mass is 803 g/mol. The van der Waals surface area contributed by atoms with Crippen molar-refractivity contribution in [2.75, 3.05) is 12.4 Å². The van der Waals surface area contributed by atoms with Crippen molar-refractivity contribution in [2.45, 2.75) is 92.5 Å². The number of methoxy groups -OCH3 is 1. The van der Waals surface area contributed by atoms with Crippen LogP contribution in [0, 0.1) is 37.5 Å². The molecule has 0 saturated carbocycles. The number of carbonyl (C=O) groups excluding carboxylic acids is 3. The van der Waals surface area contributed by atoms with E-state index < -0.39 is 77.3 Å². The molecule has 7 N–H and O–H groups in total. The molecule has 1 amide bonds. The summed E-state index contributed by atoms with van der Waals surface area (Å²) in [6.07, 6.45) is 5.62. The maximum absolute atomic E-state index is 14.6. The number of aliphatic hydroxyl groups is 2. The second-order valence-corrected chi connectivity index (χ2v) is 15.6. The first-order valence-electron chi connectivity index (χ1n) is 19.0. The number of nitrogens with one attached hydrogen (secondary N) is 1. The van der Waals surface area contributed by atoms with Crippen molar-refractivity contribution in [1.29, 1.82) is 0 Å². The van der Waals surface area contributed by atoms with Gasteiger partial charge in [-0.25, -0.2) is 4.98 Å². The van der Waals surface area contributed by atoms with E-state index in [9.17, 15) is 34.8 Å². The summed E-state index contributed by atoms with van der Waals surface area (Å²) < 4.78 is 25.5. The van der Waals surface area contributed by atoms with Gasteiger partial charge in [-0.2, -0.15) is 0 Å². The number of carbonyl (C=O) groups is 3. The second kappa shape index (κ2) is 16.4. The Morgan fingerprint density at radius 2 is 1.67 bits per heavy atom. The lowest BCUT2D eigenvalue weighted by molar-refractivity contribution is -0.160. The van der Waals surface area contributed by atoms with Crippen molar-refractivity contribution < 1.29 is 59.2 Å². The van der Waals surface area contributed by atoms with Gasteiger partial charge < -0.3 is 50.2 Å². The van der Waals surface area contributed by atoms with Crippen LogP contribution in [-0.4, -0.2) is 90.3 Å². The number of benzene rings is 2. The number of nitrogens with zero attached hydrogens (tertiary/aromatic N) is 2. The van der Waals surface area contributed by atoms with Crippen LogP contribution in [0.25, 0.3) is 27.5 Å². The van der Waals surface area contributed by atoms with E-state index in [4.69, 9.17) is 23.9 Å². The minimum atomic E-state index is -1.96. The van der Waals surface area contributed by atoms with Crippen LogP contribution in [0.4, 0.5) is 5.69 Å². The number of phenols is 2. The Kier molecular flexibility index (Phi) is 12.3. The molecule has 0 spiro atoms. The lowest BCUT2D eigenvalue weighted by Crippen LogP contribution is -2.46. The highest BCUT2D eigenvalue weighted by molar-refractivity contribution is 6.28. The number of phenolic OH excluding ortho intramolecular Hbond substituents is 2. The van der Waals surface area contributed by atoms with Gasteiger partial charge in [0.05, 0.1) is 35.5 Å². The quantitative estimate of drug-likeness (QED) is 0.128. The molecule has 9 atom stereocenters. The molecule has 0 aliphatic carbocycles. The number of ether oxygens (including phenoxy) is 4. The Morgan fingerprint density at radius 1 is 0.983 bits per heavy atom. The number of hydrogen-bond acceptors (Lipinski definition) is 12.